The number of carboxylic acids is 1. The van der Waals surface area contributed by atoms with Crippen molar-refractivity contribution in [2.75, 3.05) is 18.4 Å². The second-order valence-corrected chi connectivity index (χ2v) is 7.27. The molecule has 1 fully saturated rings. The Hall–Kier alpha value is -2.02. The zero-order chi connectivity index (χ0) is 16.6. The summed E-state index contributed by atoms with van der Waals surface area (Å²) < 4.78 is 0. The van der Waals surface area contributed by atoms with Crippen LogP contribution < -0.4 is 5.32 Å². The summed E-state index contributed by atoms with van der Waals surface area (Å²) in [5, 5.41) is 11.8. The molecule has 2 heterocycles. The van der Waals surface area contributed by atoms with E-state index in [1.54, 1.807) is 17.0 Å². The van der Waals surface area contributed by atoms with Gasteiger partial charge in [-0.15, -0.1) is 11.8 Å². The molecule has 0 spiro atoms. The monoisotopic (exact) mass is 334 g/mol. The van der Waals surface area contributed by atoms with Gasteiger partial charge in [0.25, 0.3) is 5.91 Å². The normalized spacial score (nSPS) is 23.9. The average Bonchev–Trinajstić information content (AvgIpc) is 2.55. The van der Waals surface area contributed by atoms with E-state index in [1.165, 1.54) is 11.8 Å². The Morgan fingerprint density at radius 1 is 1.39 bits per heavy atom. The molecule has 2 amide bonds. The van der Waals surface area contributed by atoms with Gasteiger partial charge in [-0.05, 0) is 38.0 Å². The third kappa shape index (κ3) is 3.19. The fraction of sp³-hybridized carbons (Fsp3) is 0.438. The predicted molar refractivity (Wildman–Crippen MR) is 86.7 cm³/mol. The van der Waals surface area contributed by atoms with Crippen molar-refractivity contribution >= 4 is 35.2 Å². The number of fused-ring (bicyclic) bond motifs is 1. The van der Waals surface area contributed by atoms with Gasteiger partial charge in [-0.2, -0.15) is 0 Å². The smallest absolute Gasteiger partial charge is 0.308 e. The Bertz CT molecular complexity index is 676. The molecule has 0 aromatic heterocycles. The van der Waals surface area contributed by atoms with Gasteiger partial charge in [0, 0.05) is 23.5 Å². The Morgan fingerprint density at radius 3 is 2.91 bits per heavy atom. The lowest BCUT2D eigenvalue weighted by molar-refractivity contribution is -0.143. The first-order chi connectivity index (χ1) is 11.0. The molecule has 7 heteroatoms. The Balaban J connectivity index is 1.79. The molecule has 2 aliphatic heterocycles. The summed E-state index contributed by atoms with van der Waals surface area (Å²) in [4.78, 5) is 38.0. The van der Waals surface area contributed by atoms with E-state index in [1.807, 2.05) is 13.0 Å². The molecule has 1 aromatic carbocycles. The van der Waals surface area contributed by atoms with Crippen LogP contribution in [-0.4, -0.2) is 46.1 Å². The van der Waals surface area contributed by atoms with Crippen molar-refractivity contribution in [3.8, 4) is 0 Å². The minimum absolute atomic E-state index is 0.0731. The van der Waals surface area contributed by atoms with Crippen molar-refractivity contribution in [3.05, 3.63) is 23.8 Å². The van der Waals surface area contributed by atoms with E-state index in [0.717, 1.165) is 4.90 Å². The molecule has 2 atom stereocenters. The first-order valence-corrected chi connectivity index (χ1v) is 8.47. The highest BCUT2D eigenvalue weighted by atomic mass is 32.2. The summed E-state index contributed by atoms with van der Waals surface area (Å²) in [6, 6.07) is 5.25. The quantitative estimate of drug-likeness (QED) is 0.864. The number of likely N-dealkylation sites (tertiary alicyclic amines) is 1. The number of rotatable bonds is 2. The molecule has 2 aliphatic rings. The SMILES string of the molecule is C[C@H]1Sc2ccc(C(=O)N3CCC[C@H](C(=O)O)C3)cc2NC1=O. The predicted octanol–water partition coefficient (Wildman–Crippen LogP) is 2.06. The standard InChI is InChI=1S/C16H18N2O4S/c1-9-14(19)17-12-7-10(4-5-13(12)23-9)15(20)18-6-2-3-11(8-18)16(21)22/h4-5,7,9,11H,2-3,6,8H2,1H3,(H,17,19)(H,21,22)/t9-,11+/m1/s1. The molecule has 1 saturated heterocycles. The van der Waals surface area contributed by atoms with Crippen LogP contribution in [0.3, 0.4) is 0 Å². The van der Waals surface area contributed by atoms with Crippen LogP contribution >= 0.6 is 11.8 Å². The van der Waals surface area contributed by atoms with E-state index >= 15 is 0 Å². The third-order valence-electron chi connectivity index (χ3n) is 4.22. The number of carbonyl (C=O) groups is 3. The molecule has 23 heavy (non-hydrogen) atoms. The van der Waals surface area contributed by atoms with Gasteiger partial charge in [0.1, 0.15) is 0 Å². The van der Waals surface area contributed by atoms with E-state index in [9.17, 15) is 14.4 Å². The minimum atomic E-state index is -0.856. The number of thioether (sulfide) groups is 1. The van der Waals surface area contributed by atoms with E-state index in [-0.39, 0.29) is 23.6 Å². The highest BCUT2D eigenvalue weighted by molar-refractivity contribution is 8.00. The topological polar surface area (TPSA) is 86.7 Å². The van der Waals surface area contributed by atoms with Crippen molar-refractivity contribution in [1.29, 1.82) is 0 Å². The van der Waals surface area contributed by atoms with Crippen molar-refractivity contribution in [2.24, 2.45) is 5.92 Å². The van der Waals surface area contributed by atoms with E-state index in [4.69, 9.17) is 5.11 Å². The zero-order valence-corrected chi connectivity index (χ0v) is 13.6. The van der Waals surface area contributed by atoms with Crippen LogP contribution in [0.1, 0.15) is 30.1 Å². The molecule has 0 aliphatic carbocycles. The molecular formula is C16H18N2O4S. The summed E-state index contributed by atoms with van der Waals surface area (Å²) in [5.41, 5.74) is 1.13. The summed E-state index contributed by atoms with van der Waals surface area (Å²) in [6.45, 7) is 2.64. The van der Waals surface area contributed by atoms with Gasteiger partial charge in [-0.1, -0.05) is 0 Å². The number of anilines is 1. The second kappa shape index (κ2) is 6.23. The number of benzene rings is 1. The number of carboxylic acid groups (broad SMARTS) is 1. The number of piperidine rings is 1. The van der Waals surface area contributed by atoms with Crippen LogP contribution in [0, 0.1) is 5.92 Å². The van der Waals surface area contributed by atoms with Crippen LogP contribution in [0.4, 0.5) is 5.69 Å². The van der Waals surface area contributed by atoms with E-state index < -0.39 is 11.9 Å². The van der Waals surface area contributed by atoms with Gasteiger partial charge in [0.15, 0.2) is 0 Å². The lowest BCUT2D eigenvalue weighted by atomic mass is 9.97. The van der Waals surface area contributed by atoms with Gasteiger partial charge < -0.3 is 15.3 Å². The fourth-order valence-electron chi connectivity index (χ4n) is 2.89. The first-order valence-electron chi connectivity index (χ1n) is 7.59. The number of nitrogens with zero attached hydrogens (tertiary/aromatic N) is 1. The number of aliphatic carboxylic acids is 1. The molecule has 0 unspecified atom stereocenters. The second-order valence-electron chi connectivity index (χ2n) is 5.89. The summed E-state index contributed by atoms with van der Waals surface area (Å²) in [6.07, 6.45) is 1.30. The van der Waals surface area contributed by atoms with Crippen LogP contribution in [0.2, 0.25) is 0 Å². The zero-order valence-electron chi connectivity index (χ0n) is 12.7. The van der Waals surface area contributed by atoms with Crippen molar-refractivity contribution in [1.82, 2.24) is 4.90 Å². The van der Waals surface area contributed by atoms with Gasteiger partial charge in [0.2, 0.25) is 5.91 Å². The highest BCUT2D eigenvalue weighted by Crippen LogP contribution is 2.36. The van der Waals surface area contributed by atoms with E-state index in [2.05, 4.69) is 5.32 Å². The van der Waals surface area contributed by atoms with Crippen molar-refractivity contribution in [3.63, 3.8) is 0 Å². The highest BCUT2D eigenvalue weighted by Gasteiger charge is 2.29. The number of hydrogen-bond acceptors (Lipinski definition) is 4. The van der Waals surface area contributed by atoms with Crippen LogP contribution in [0.15, 0.2) is 23.1 Å². The molecule has 0 bridgehead atoms. The first kappa shape index (κ1) is 15.9. The maximum absolute atomic E-state index is 12.6. The van der Waals surface area contributed by atoms with Crippen LogP contribution in [-0.2, 0) is 9.59 Å². The summed E-state index contributed by atoms with van der Waals surface area (Å²) >= 11 is 1.47. The molecule has 0 saturated carbocycles. The van der Waals surface area contributed by atoms with Crippen LogP contribution in [0.5, 0.6) is 0 Å². The van der Waals surface area contributed by atoms with Gasteiger partial charge >= 0.3 is 5.97 Å². The Morgan fingerprint density at radius 2 is 2.17 bits per heavy atom. The van der Waals surface area contributed by atoms with Gasteiger partial charge in [-0.3, -0.25) is 14.4 Å². The van der Waals surface area contributed by atoms with E-state index in [0.29, 0.717) is 30.6 Å². The lowest BCUT2D eigenvalue weighted by Gasteiger charge is -2.31. The summed E-state index contributed by atoms with van der Waals surface area (Å²) in [5.74, 6) is -1.61. The molecule has 1 aromatic rings. The van der Waals surface area contributed by atoms with Crippen LogP contribution in [0.25, 0.3) is 0 Å². The summed E-state index contributed by atoms with van der Waals surface area (Å²) in [7, 11) is 0. The fourth-order valence-corrected chi connectivity index (χ4v) is 3.82. The molecule has 2 N–H and O–H groups in total. The van der Waals surface area contributed by atoms with Crippen molar-refractivity contribution in [2.45, 2.75) is 29.9 Å². The molecule has 3 rings (SSSR count). The minimum Gasteiger partial charge on any atom is -0.481 e. The molecule has 0 radical (unpaired) electrons. The number of hydrogen-bond donors (Lipinski definition) is 2. The number of amides is 2. The van der Waals surface area contributed by atoms with Crippen molar-refractivity contribution < 1.29 is 19.5 Å². The third-order valence-corrected chi connectivity index (χ3v) is 5.39. The largest absolute Gasteiger partial charge is 0.481 e. The molecule has 122 valence electrons. The Labute approximate surface area is 138 Å². The average molecular weight is 334 g/mol. The van der Waals surface area contributed by atoms with Gasteiger partial charge in [-0.25, -0.2) is 0 Å². The Kier molecular flexibility index (Phi) is 4.30. The molecular weight excluding hydrogens is 316 g/mol. The molecule has 6 nitrogen and oxygen atoms in total. The lowest BCUT2D eigenvalue weighted by Crippen LogP contribution is -2.42. The number of carbonyl (C=O) groups excluding carboxylic acids is 2. The number of nitrogens with one attached hydrogen (secondary N) is 1. The van der Waals surface area contributed by atoms with Gasteiger partial charge in [0.05, 0.1) is 16.9 Å². The maximum atomic E-state index is 12.6. The maximum Gasteiger partial charge on any atom is 0.308 e.